The Hall–Kier alpha value is -2.03. The van der Waals surface area contributed by atoms with Gasteiger partial charge in [-0.2, -0.15) is 0 Å². The van der Waals surface area contributed by atoms with Crippen LogP contribution in [0.3, 0.4) is 0 Å². The maximum absolute atomic E-state index is 6.15. The first-order valence-corrected chi connectivity index (χ1v) is 7.72. The Morgan fingerprint density at radius 1 is 1.24 bits per heavy atom. The third-order valence-corrected chi connectivity index (χ3v) is 3.79. The van der Waals surface area contributed by atoms with Gasteiger partial charge in [0.05, 0.1) is 5.56 Å². The Labute approximate surface area is 126 Å². The number of hydrogen-bond acceptors (Lipinski definition) is 2. The van der Waals surface area contributed by atoms with Crippen LogP contribution >= 0.6 is 0 Å². The van der Waals surface area contributed by atoms with E-state index in [1.807, 2.05) is 22.9 Å². The number of allylic oxidation sites excluding steroid dienone is 1. The second-order valence-corrected chi connectivity index (χ2v) is 5.80. The fourth-order valence-electron chi connectivity index (χ4n) is 2.57. The van der Waals surface area contributed by atoms with Gasteiger partial charge in [-0.05, 0) is 44.7 Å². The molecule has 3 rings (SSSR count). The Balaban J connectivity index is 1.93. The summed E-state index contributed by atoms with van der Waals surface area (Å²) in [5.74, 6) is 0.742. The molecule has 0 aliphatic heterocycles. The standard InChI is InChI=1S/C18H22N2O/c1-14(2)20-13-17(15-9-5-3-6-10-15)18(19-20)21-16-11-7-4-8-12-16/h3,5-7,9-11,13-14,16H,4,8,12H2,1-2H3. The molecule has 1 heterocycles. The molecule has 1 aliphatic rings. The van der Waals surface area contributed by atoms with Gasteiger partial charge in [-0.1, -0.05) is 36.4 Å². The topological polar surface area (TPSA) is 27.1 Å². The Morgan fingerprint density at radius 2 is 2.05 bits per heavy atom. The van der Waals surface area contributed by atoms with Crippen molar-refractivity contribution >= 4 is 0 Å². The molecule has 21 heavy (non-hydrogen) atoms. The summed E-state index contributed by atoms with van der Waals surface area (Å²) in [6.45, 7) is 4.26. The summed E-state index contributed by atoms with van der Waals surface area (Å²) in [6, 6.07) is 10.7. The van der Waals surface area contributed by atoms with Gasteiger partial charge in [-0.25, -0.2) is 0 Å². The van der Waals surface area contributed by atoms with E-state index in [0.29, 0.717) is 6.04 Å². The summed E-state index contributed by atoms with van der Waals surface area (Å²) in [5, 5.41) is 4.64. The van der Waals surface area contributed by atoms with Gasteiger partial charge in [0.2, 0.25) is 5.88 Å². The minimum absolute atomic E-state index is 0.150. The van der Waals surface area contributed by atoms with Gasteiger partial charge in [-0.3, -0.25) is 4.68 Å². The van der Waals surface area contributed by atoms with Crippen LogP contribution in [0.25, 0.3) is 11.1 Å². The predicted molar refractivity (Wildman–Crippen MR) is 85.5 cm³/mol. The van der Waals surface area contributed by atoms with Crippen LogP contribution in [0.2, 0.25) is 0 Å². The maximum Gasteiger partial charge on any atom is 0.241 e. The van der Waals surface area contributed by atoms with E-state index in [-0.39, 0.29) is 6.10 Å². The SMILES string of the molecule is CC(C)n1cc(-c2ccccc2)c(OC2C=CCCC2)n1. The van der Waals surface area contributed by atoms with E-state index >= 15 is 0 Å². The smallest absolute Gasteiger partial charge is 0.241 e. The van der Waals surface area contributed by atoms with Crippen molar-refractivity contribution in [2.75, 3.05) is 0 Å². The first-order valence-electron chi connectivity index (χ1n) is 7.72. The summed E-state index contributed by atoms with van der Waals surface area (Å²) in [5.41, 5.74) is 2.22. The average molecular weight is 282 g/mol. The van der Waals surface area contributed by atoms with E-state index in [0.717, 1.165) is 29.8 Å². The van der Waals surface area contributed by atoms with Crippen molar-refractivity contribution < 1.29 is 4.74 Å². The zero-order valence-electron chi connectivity index (χ0n) is 12.7. The van der Waals surface area contributed by atoms with Crippen LogP contribution in [-0.4, -0.2) is 15.9 Å². The molecule has 3 heteroatoms. The Morgan fingerprint density at radius 3 is 2.71 bits per heavy atom. The van der Waals surface area contributed by atoms with Crippen molar-refractivity contribution in [1.82, 2.24) is 9.78 Å². The second-order valence-electron chi connectivity index (χ2n) is 5.80. The molecule has 0 spiro atoms. The molecule has 2 aromatic rings. The monoisotopic (exact) mass is 282 g/mol. The summed E-state index contributed by atoms with van der Waals surface area (Å²) in [4.78, 5) is 0. The quantitative estimate of drug-likeness (QED) is 0.765. The molecule has 1 aliphatic carbocycles. The van der Waals surface area contributed by atoms with Crippen molar-refractivity contribution in [1.29, 1.82) is 0 Å². The van der Waals surface area contributed by atoms with Gasteiger partial charge >= 0.3 is 0 Å². The lowest BCUT2D eigenvalue weighted by molar-refractivity contribution is 0.218. The highest BCUT2D eigenvalue weighted by atomic mass is 16.5. The lowest BCUT2D eigenvalue weighted by Gasteiger charge is -2.17. The van der Waals surface area contributed by atoms with E-state index in [2.05, 4.69) is 49.4 Å². The molecule has 1 atom stereocenters. The molecule has 1 unspecified atom stereocenters. The number of benzene rings is 1. The molecule has 1 aromatic heterocycles. The molecule has 0 N–H and O–H groups in total. The molecule has 0 saturated heterocycles. The van der Waals surface area contributed by atoms with Crippen LogP contribution in [0.4, 0.5) is 0 Å². The van der Waals surface area contributed by atoms with Crippen molar-refractivity contribution in [3.05, 3.63) is 48.7 Å². The normalized spacial score (nSPS) is 18.1. The van der Waals surface area contributed by atoms with Crippen molar-refractivity contribution in [3.63, 3.8) is 0 Å². The van der Waals surface area contributed by atoms with Gasteiger partial charge < -0.3 is 4.74 Å². The number of nitrogens with zero attached hydrogens (tertiary/aromatic N) is 2. The van der Waals surface area contributed by atoms with Crippen molar-refractivity contribution in [2.24, 2.45) is 0 Å². The Bertz CT molecular complexity index is 613. The second kappa shape index (κ2) is 6.17. The van der Waals surface area contributed by atoms with Crippen LogP contribution in [0.15, 0.2) is 48.7 Å². The summed E-state index contributed by atoms with van der Waals surface area (Å²) in [7, 11) is 0. The van der Waals surface area contributed by atoms with Crippen LogP contribution < -0.4 is 4.74 Å². The van der Waals surface area contributed by atoms with Crippen LogP contribution in [0.5, 0.6) is 5.88 Å². The zero-order valence-corrected chi connectivity index (χ0v) is 12.7. The molecule has 0 bridgehead atoms. The van der Waals surface area contributed by atoms with Crippen LogP contribution in [-0.2, 0) is 0 Å². The average Bonchev–Trinajstić information content (AvgIpc) is 2.93. The van der Waals surface area contributed by atoms with Crippen LogP contribution in [0, 0.1) is 0 Å². The van der Waals surface area contributed by atoms with Crippen LogP contribution in [0.1, 0.15) is 39.2 Å². The third-order valence-electron chi connectivity index (χ3n) is 3.79. The third kappa shape index (κ3) is 3.18. The lowest BCUT2D eigenvalue weighted by Crippen LogP contribution is -2.16. The first-order chi connectivity index (χ1) is 10.2. The van der Waals surface area contributed by atoms with Gasteiger partial charge in [0, 0.05) is 12.2 Å². The van der Waals surface area contributed by atoms with E-state index < -0.39 is 0 Å². The van der Waals surface area contributed by atoms with E-state index in [4.69, 9.17) is 4.74 Å². The van der Waals surface area contributed by atoms with Crippen molar-refractivity contribution in [2.45, 2.75) is 45.3 Å². The molecule has 0 radical (unpaired) electrons. The maximum atomic E-state index is 6.15. The molecule has 0 amide bonds. The van der Waals surface area contributed by atoms with Gasteiger partial charge in [0.1, 0.15) is 6.10 Å². The van der Waals surface area contributed by atoms with E-state index in [1.165, 1.54) is 6.42 Å². The molecule has 0 saturated carbocycles. The van der Waals surface area contributed by atoms with Gasteiger partial charge in [0.15, 0.2) is 0 Å². The number of rotatable bonds is 4. The minimum atomic E-state index is 0.150. The summed E-state index contributed by atoms with van der Waals surface area (Å²) >= 11 is 0. The zero-order chi connectivity index (χ0) is 14.7. The first kappa shape index (κ1) is 13.9. The minimum Gasteiger partial charge on any atom is -0.469 e. The predicted octanol–water partition coefficient (Wildman–Crippen LogP) is 4.62. The van der Waals surface area contributed by atoms with E-state index in [1.54, 1.807) is 0 Å². The fraction of sp³-hybridized carbons (Fsp3) is 0.389. The lowest BCUT2D eigenvalue weighted by atomic mass is 10.1. The number of hydrogen-bond donors (Lipinski definition) is 0. The highest BCUT2D eigenvalue weighted by Gasteiger charge is 2.18. The molecule has 0 fully saturated rings. The highest BCUT2D eigenvalue weighted by molar-refractivity contribution is 5.67. The number of ether oxygens (including phenoxy) is 1. The molecule has 3 nitrogen and oxygen atoms in total. The Kier molecular flexibility index (Phi) is 4.09. The van der Waals surface area contributed by atoms with Crippen molar-refractivity contribution in [3.8, 4) is 17.0 Å². The van der Waals surface area contributed by atoms with Gasteiger partial charge in [-0.15, -0.1) is 5.10 Å². The largest absolute Gasteiger partial charge is 0.469 e. The summed E-state index contributed by atoms with van der Waals surface area (Å²) in [6.07, 6.45) is 10.0. The molecular formula is C18H22N2O. The highest BCUT2D eigenvalue weighted by Crippen LogP contribution is 2.31. The molecule has 110 valence electrons. The van der Waals surface area contributed by atoms with E-state index in [9.17, 15) is 0 Å². The molecule has 1 aromatic carbocycles. The molecular weight excluding hydrogens is 260 g/mol. The van der Waals surface area contributed by atoms with Gasteiger partial charge in [0.25, 0.3) is 0 Å². The fourth-order valence-corrected chi connectivity index (χ4v) is 2.57. The summed E-state index contributed by atoms with van der Waals surface area (Å²) < 4.78 is 8.13. The number of aromatic nitrogens is 2.